The van der Waals surface area contributed by atoms with Crippen LogP contribution < -0.4 is 15.9 Å². The van der Waals surface area contributed by atoms with Crippen molar-refractivity contribution in [2.45, 2.75) is 38.0 Å². The van der Waals surface area contributed by atoms with Crippen molar-refractivity contribution >= 4 is 46.9 Å². The molecule has 134 valence electrons. The number of imide groups is 1. The van der Waals surface area contributed by atoms with E-state index < -0.39 is 5.97 Å². The molecule has 1 saturated carbocycles. The molecule has 5 atom stereocenters. The number of benzene rings is 1. The Balaban J connectivity index is 0.00000225. The first-order valence-electron chi connectivity index (χ1n) is 8.11. The van der Waals surface area contributed by atoms with Crippen LogP contribution in [0, 0.1) is 11.8 Å². The molecular formula is C17H21MnNO4P2+. The molecule has 25 heavy (non-hydrogen) atoms. The van der Waals surface area contributed by atoms with Gasteiger partial charge in [0, 0.05) is 6.42 Å². The summed E-state index contributed by atoms with van der Waals surface area (Å²) in [5.74, 6) is -1.52. The molecule has 0 radical (unpaired) electrons. The van der Waals surface area contributed by atoms with Gasteiger partial charge in [0.1, 0.15) is 0 Å². The van der Waals surface area contributed by atoms with E-state index in [-0.39, 0.29) is 46.6 Å². The fourth-order valence-electron chi connectivity index (χ4n) is 3.59. The van der Waals surface area contributed by atoms with Crippen LogP contribution in [0.4, 0.5) is 0 Å². The number of aliphatic carboxylic acids is 1. The topological polar surface area (TPSA) is 83.5 Å². The van der Waals surface area contributed by atoms with Crippen molar-refractivity contribution in [3.63, 3.8) is 0 Å². The summed E-state index contributed by atoms with van der Waals surface area (Å²) in [6.07, 6.45) is 3.33. The Labute approximate surface area is 162 Å². The molecule has 0 spiro atoms. The SMILES string of the molecule is O=C1CCC(c2ccc(CC3CCC3C(=O)O)c(P)c2P)C(=O)N1.[Mn+]. The number of carboxylic acids is 1. The Morgan fingerprint density at radius 1 is 1.16 bits per heavy atom. The number of hydrogen-bond donors (Lipinski definition) is 2. The molecule has 2 N–H and O–H groups in total. The minimum absolute atomic E-state index is 0. The van der Waals surface area contributed by atoms with Gasteiger partial charge in [-0.2, -0.15) is 0 Å². The van der Waals surface area contributed by atoms with Gasteiger partial charge in [0.15, 0.2) is 0 Å². The summed E-state index contributed by atoms with van der Waals surface area (Å²) in [5.41, 5.74) is 2.03. The summed E-state index contributed by atoms with van der Waals surface area (Å²) in [4.78, 5) is 34.6. The fourth-order valence-corrected chi connectivity index (χ4v) is 4.46. The van der Waals surface area contributed by atoms with Gasteiger partial charge in [-0.1, -0.05) is 12.1 Å². The molecule has 2 amide bonds. The molecular weight excluding hydrogens is 399 g/mol. The van der Waals surface area contributed by atoms with Gasteiger partial charge in [0.2, 0.25) is 11.8 Å². The number of amides is 2. The molecule has 1 aliphatic heterocycles. The number of hydrogen-bond acceptors (Lipinski definition) is 3. The van der Waals surface area contributed by atoms with E-state index >= 15 is 0 Å². The maximum absolute atomic E-state index is 12.1. The van der Waals surface area contributed by atoms with E-state index in [9.17, 15) is 19.5 Å². The third kappa shape index (κ3) is 4.14. The zero-order valence-electron chi connectivity index (χ0n) is 13.6. The normalized spacial score (nSPS) is 25.6. The Morgan fingerprint density at radius 3 is 2.44 bits per heavy atom. The zero-order valence-corrected chi connectivity index (χ0v) is 17.1. The molecule has 2 fully saturated rings. The van der Waals surface area contributed by atoms with Crippen LogP contribution >= 0.6 is 18.5 Å². The molecule has 1 saturated heterocycles. The van der Waals surface area contributed by atoms with Crippen molar-refractivity contribution in [1.29, 1.82) is 0 Å². The molecule has 5 nitrogen and oxygen atoms in total. The van der Waals surface area contributed by atoms with E-state index in [4.69, 9.17) is 0 Å². The number of nitrogens with one attached hydrogen (secondary N) is 1. The maximum atomic E-state index is 12.1. The standard InChI is InChI=1S/C17H21NO4P2.Mn/c19-13-6-5-12(16(20)18-13)11-4-2-9(14(23)15(11)24)7-8-1-3-10(8)17(21)22;/h2,4,8,10,12H,1,3,5-7,23-24H2,(H,21,22)(H,18,19,20);/q;+1. The molecule has 5 unspecified atom stereocenters. The minimum atomic E-state index is -0.706. The van der Waals surface area contributed by atoms with Crippen LogP contribution in [0.5, 0.6) is 0 Å². The summed E-state index contributed by atoms with van der Waals surface area (Å²) < 4.78 is 0. The summed E-state index contributed by atoms with van der Waals surface area (Å²) in [6, 6.07) is 3.94. The summed E-state index contributed by atoms with van der Waals surface area (Å²) in [5, 5.41) is 13.6. The number of carbonyl (C=O) groups excluding carboxylic acids is 2. The average molecular weight is 420 g/mol. The van der Waals surface area contributed by atoms with E-state index in [0.717, 1.165) is 41.0 Å². The number of piperidine rings is 1. The van der Waals surface area contributed by atoms with E-state index in [1.807, 2.05) is 12.1 Å². The second-order valence-corrected chi connectivity index (χ2v) is 7.79. The monoisotopic (exact) mass is 420 g/mol. The first kappa shape index (κ1) is 20.5. The Bertz CT molecular complexity index is 725. The van der Waals surface area contributed by atoms with Gasteiger partial charge in [-0.3, -0.25) is 19.7 Å². The van der Waals surface area contributed by atoms with Gasteiger partial charge < -0.3 is 5.11 Å². The molecule has 1 aromatic rings. The van der Waals surface area contributed by atoms with Crippen LogP contribution in [0.25, 0.3) is 0 Å². The number of carbonyl (C=O) groups is 3. The summed E-state index contributed by atoms with van der Waals surface area (Å²) in [7, 11) is 5.42. The predicted molar refractivity (Wildman–Crippen MR) is 97.8 cm³/mol. The Morgan fingerprint density at radius 2 is 1.88 bits per heavy atom. The molecule has 2 aliphatic rings. The fraction of sp³-hybridized carbons (Fsp3) is 0.471. The average Bonchev–Trinajstić information content (AvgIpc) is 2.48. The van der Waals surface area contributed by atoms with Crippen LogP contribution in [-0.2, 0) is 37.9 Å². The Kier molecular flexibility index (Phi) is 6.79. The third-order valence-corrected chi connectivity index (χ3v) is 6.90. The molecule has 1 aromatic carbocycles. The van der Waals surface area contributed by atoms with E-state index in [1.165, 1.54) is 0 Å². The van der Waals surface area contributed by atoms with Crippen molar-refractivity contribution < 1.29 is 36.6 Å². The molecule has 0 bridgehead atoms. The second-order valence-electron chi connectivity index (χ2n) is 6.63. The van der Waals surface area contributed by atoms with Crippen molar-refractivity contribution in [2.75, 3.05) is 0 Å². The first-order chi connectivity index (χ1) is 11.4. The molecule has 1 aliphatic carbocycles. The van der Waals surface area contributed by atoms with Gasteiger partial charge in [0.05, 0.1) is 11.8 Å². The largest absolute Gasteiger partial charge is 1.00 e. The van der Waals surface area contributed by atoms with E-state index in [0.29, 0.717) is 12.8 Å². The molecule has 3 rings (SSSR count). The van der Waals surface area contributed by atoms with Crippen LogP contribution in [-0.4, -0.2) is 22.9 Å². The van der Waals surface area contributed by atoms with E-state index in [2.05, 4.69) is 23.8 Å². The summed E-state index contributed by atoms with van der Waals surface area (Å²) >= 11 is 0. The van der Waals surface area contributed by atoms with Gasteiger partial charge >= 0.3 is 23.0 Å². The van der Waals surface area contributed by atoms with Crippen molar-refractivity contribution in [3.05, 3.63) is 23.3 Å². The van der Waals surface area contributed by atoms with Crippen LogP contribution in [0.1, 0.15) is 42.7 Å². The van der Waals surface area contributed by atoms with Gasteiger partial charge in [0.25, 0.3) is 0 Å². The van der Waals surface area contributed by atoms with Crippen molar-refractivity contribution in [2.24, 2.45) is 11.8 Å². The van der Waals surface area contributed by atoms with Crippen LogP contribution in [0.2, 0.25) is 0 Å². The number of carboxylic acid groups (broad SMARTS) is 1. The van der Waals surface area contributed by atoms with Crippen LogP contribution in [0.3, 0.4) is 0 Å². The zero-order chi connectivity index (χ0) is 17.4. The molecule has 8 heteroatoms. The van der Waals surface area contributed by atoms with E-state index in [1.54, 1.807) is 0 Å². The minimum Gasteiger partial charge on any atom is -0.481 e. The van der Waals surface area contributed by atoms with Crippen LogP contribution in [0.15, 0.2) is 12.1 Å². The van der Waals surface area contributed by atoms with Gasteiger partial charge in [-0.15, -0.1) is 18.5 Å². The van der Waals surface area contributed by atoms with Gasteiger partial charge in [-0.05, 0) is 53.3 Å². The predicted octanol–water partition coefficient (Wildman–Crippen LogP) is 0.858. The van der Waals surface area contributed by atoms with Gasteiger partial charge in [-0.25, -0.2) is 0 Å². The Hall–Kier alpha value is -0.791. The second kappa shape index (κ2) is 8.27. The molecule has 1 heterocycles. The van der Waals surface area contributed by atoms with Crippen molar-refractivity contribution in [1.82, 2.24) is 5.32 Å². The number of rotatable bonds is 4. The quantitative estimate of drug-likeness (QED) is 0.430. The summed E-state index contributed by atoms with van der Waals surface area (Å²) in [6.45, 7) is 0. The maximum Gasteiger partial charge on any atom is 1.00 e. The van der Waals surface area contributed by atoms with Crippen molar-refractivity contribution in [3.8, 4) is 0 Å². The smallest absolute Gasteiger partial charge is 0.481 e. The third-order valence-electron chi connectivity index (χ3n) is 5.24. The molecule has 0 aromatic heterocycles. The first-order valence-corrected chi connectivity index (χ1v) is 9.27.